The van der Waals surface area contributed by atoms with Gasteiger partial charge < -0.3 is 10.1 Å². The fourth-order valence-corrected chi connectivity index (χ4v) is 4.89. The van der Waals surface area contributed by atoms with E-state index < -0.39 is 27.7 Å². The van der Waals surface area contributed by atoms with E-state index in [-0.39, 0.29) is 41.4 Å². The van der Waals surface area contributed by atoms with Crippen LogP contribution in [0.15, 0.2) is 53.4 Å². The molecule has 1 fully saturated rings. The minimum Gasteiger partial charge on any atom is -0.373 e. The fourth-order valence-electron chi connectivity index (χ4n) is 3.25. The zero-order valence-corrected chi connectivity index (χ0v) is 17.1. The van der Waals surface area contributed by atoms with Gasteiger partial charge in [0.2, 0.25) is 10.0 Å². The number of anilines is 1. The normalized spacial score (nSPS) is 20.7. The number of rotatable bonds is 4. The minimum atomic E-state index is -4.54. The van der Waals surface area contributed by atoms with Gasteiger partial charge in [0.15, 0.2) is 0 Å². The van der Waals surface area contributed by atoms with Gasteiger partial charge in [-0.1, -0.05) is 12.1 Å². The van der Waals surface area contributed by atoms with E-state index in [0.717, 1.165) is 12.1 Å². The van der Waals surface area contributed by atoms with Crippen molar-refractivity contribution in [1.29, 1.82) is 0 Å². The molecule has 1 aliphatic heterocycles. The van der Waals surface area contributed by atoms with E-state index in [0.29, 0.717) is 0 Å². The highest BCUT2D eigenvalue weighted by molar-refractivity contribution is 7.89. The second-order valence-corrected chi connectivity index (χ2v) is 9.08. The summed E-state index contributed by atoms with van der Waals surface area (Å²) in [5, 5.41) is 2.38. The van der Waals surface area contributed by atoms with Gasteiger partial charge in [0, 0.05) is 24.3 Å². The lowest BCUT2D eigenvalue weighted by molar-refractivity contribution is -0.137. The van der Waals surface area contributed by atoms with Crippen molar-refractivity contribution in [3.63, 3.8) is 0 Å². The van der Waals surface area contributed by atoms with Crippen molar-refractivity contribution in [2.75, 3.05) is 18.4 Å². The van der Waals surface area contributed by atoms with Gasteiger partial charge in [-0.2, -0.15) is 17.5 Å². The van der Waals surface area contributed by atoms with Crippen molar-refractivity contribution in [2.24, 2.45) is 0 Å². The molecule has 30 heavy (non-hydrogen) atoms. The van der Waals surface area contributed by atoms with E-state index >= 15 is 0 Å². The van der Waals surface area contributed by atoms with Crippen LogP contribution >= 0.6 is 0 Å². The number of benzene rings is 2. The van der Waals surface area contributed by atoms with Crippen LogP contribution < -0.4 is 5.32 Å². The molecule has 2 atom stereocenters. The molecule has 2 aromatic rings. The van der Waals surface area contributed by atoms with E-state index in [1.165, 1.54) is 40.7 Å². The van der Waals surface area contributed by atoms with Gasteiger partial charge in [-0.05, 0) is 50.2 Å². The van der Waals surface area contributed by atoms with Gasteiger partial charge in [-0.15, -0.1) is 0 Å². The molecule has 10 heteroatoms. The lowest BCUT2D eigenvalue weighted by Gasteiger charge is -2.34. The number of halogens is 3. The van der Waals surface area contributed by atoms with Crippen LogP contribution in [-0.4, -0.2) is 43.9 Å². The Balaban J connectivity index is 1.82. The topological polar surface area (TPSA) is 75.7 Å². The number of ether oxygens (including phenoxy) is 1. The van der Waals surface area contributed by atoms with Crippen molar-refractivity contribution in [1.82, 2.24) is 4.31 Å². The monoisotopic (exact) mass is 442 g/mol. The summed E-state index contributed by atoms with van der Waals surface area (Å²) in [5.74, 6) is -0.713. The average Bonchev–Trinajstić information content (AvgIpc) is 2.67. The van der Waals surface area contributed by atoms with E-state index in [1.807, 2.05) is 0 Å². The van der Waals surface area contributed by atoms with Crippen LogP contribution in [0.4, 0.5) is 18.9 Å². The SMILES string of the molecule is C[C@@H]1CN(S(=O)(=O)c2cccc(C(=O)Nc3cccc(C(F)(F)F)c3)c2)C[C@@H](C)O1. The molecule has 1 amide bonds. The molecular weight excluding hydrogens is 421 g/mol. The molecule has 1 N–H and O–H groups in total. The van der Waals surface area contributed by atoms with Gasteiger partial charge in [0.1, 0.15) is 0 Å². The number of hydrogen-bond donors (Lipinski definition) is 1. The highest BCUT2D eigenvalue weighted by Crippen LogP contribution is 2.31. The quantitative estimate of drug-likeness (QED) is 0.783. The second-order valence-electron chi connectivity index (χ2n) is 7.14. The van der Waals surface area contributed by atoms with Gasteiger partial charge in [0.25, 0.3) is 5.91 Å². The lowest BCUT2D eigenvalue weighted by Crippen LogP contribution is -2.48. The largest absolute Gasteiger partial charge is 0.416 e. The van der Waals surface area contributed by atoms with Crippen molar-refractivity contribution in [2.45, 2.75) is 37.1 Å². The summed E-state index contributed by atoms with van der Waals surface area (Å²) in [5.41, 5.74) is -0.922. The maximum Gasteiger partial charge on any atom is 0.416 e. The van der Waals surface area contributed by atoms with Gasteiger partial charge in [-0.3, -0.25) is 4.79 Å². The zero-order valence-electron chi connectivity index (χ0n) is 16.3. The van der Waals surface area contributed by atoms with Crippen LogP contribution in [0.25, 0.3) is 0 Å². The highest BCUT2D eigenvalue weighted by Gasteiger charge is 2.33. The molecule has 162 valence electrons. The van der Waals surface area contributed by atoms with Gasteiger partial charge in [-0.25, -0.2) is 8.42 Å². The van der Waals surface area contributed by atoms with Crippen LogP contribution in [0.3, 0.4) is 0 Å². The Hall–Kier alpha value is -2.43. The maximum atomic E-state index is 13.0. The van der Waals surface area contributed by atoms with Crippen molar-refractivity contribution in [3.05, 3.63) is 59.7 Å². The first-order chi connectivity index (χ1) is 14.0. The van der Waals surface area contributed by atoms with Crippen LogP contribution in [0.2, 0.25) is 0 Å². The average molecular weight is 442 g/mol. The summed E-state index contributed by atoms with van der Waals surface area (Å²) in [6.07, 6.45) is -5.08. The number of sulfonamides is 1. The van der Waals surface area contributed by atoms with Crippen molar-refractivity contribution >= 4 is 21.6 Å². The Morgan fingerprint density at radius 3 is 2.33 bits per heavy atom. The number of nitrogens with zero attached hydrogens (tertiary/aromatic N) is 1. The van der Waals surface area contributed by atoms with Crippen LogP contribution in [-0.2, 0) is 20.9 Å². The smallest absolute Gasteiger partial charge is 0.373 e. The number of morpholine rings is 1. The van der Waals surface area contributed by atoms with Crippen molar-refractivity contribution in [3.8, 4) is 0 Å². The molecule has 1 heterocycles. The van der Waals surface area contributed by atoms with Crippen LogP contribution in [0, 0.1) is 0 Å². The summed E-state index contributed by atoms with van der Waals surface area (Å²) in [6.45, 7) is 3.93. The first-order valence-corrected chi connectivity index (χ1v) is 10.6. The highest BCUT2D eigenvalue weighted by atomic mass is 32.2. The van der Waals surface area contributed by atoms with E-state index in [9.17, 15) is 26.4 Å². The summed E-state index contributed by atoms with van der Waals surface area (Å²) >= 11 is 0. The van der Waals surface area contributed by atoms with Crippen LogP contribution in [0.5, 0.6) is 0 Å². The Morgan fingerprint density at radius 2 is 1.70 bits per heavy atom. The van der Waals surface area contributed by atoms with E-state index in [2.05, 4.69) is 5.32 Å². The Bertz CT molecular complexity index is 1030. The number of carbonyl (C=O) groups is 1. The molecule has 0 bridgehead atoms. The molecule has 2 aromatic carbocycles. The first-order valence-electron chi connectivity index (χ1n) is 9.21. The standard InChI is InChI=1S/C20H21F3N2O4S/c1-13-11-25(12-14(2)29-13)30(27,28)18-8-3-5-15(9-18)19(26)24-17-7-4-6-16(10-17)20(21,22)23/h3-10,13-14H,11-12H2,1-2H3,(H,24,26)/t13-,14-/m1/s1. The second kappa shape index (κ2) is 8.37. The summed E-state index contributed by atoms with van der Waals surface area (Å²) in [7, 11) is -3.86. The molecule has 0 radical (unpaired) electrons. The first kappa shape index (κ1) is 22.3. The lowest BCUT2D eigenvalue weighted by atomic mass is 10.1. The van der Waals surface area contributed by atoms with Gasteiger partial charge in [0.05, 0.1) is 22.7 Å². The predicted molar refractivity (Wildman–Crippen MR) is 105 cm³/mol. The Kier molecular flexibility index (Phi) is 6.21. The summed E-state index contributed by atoms with van der Waals surface area (Å²) in [4.78, 5) is 12.4. The maximum absolute atomic E-state index is 13.0. The Labute approximate surface area is 172 Å². The minimum absolute atomic E-state index is 0.0165. The van der Waals surface area contributed by atoms with E-state index in [4.69, 9.17) is 4.74 Å². The number of nitrogens with one attached hydrogen (secondary N) is 1. The molecule has 0 aliphatic carbocycles. The molecular formula is C20H21F3N2O4S. The third-order valence-corrected chi connectivity index (χ3v) is 6.40. The van der Waals surface area contributed by atoms with Gasteiger partial charge >= 0.3 is 6.18 Å². The molecule has 1 saturated heterocycles. The molecule has 0 saturated carbocycles. The van der Waals surface area contributed by atoms with E-state index in [1.54, 1.807) is 13.8 Å². The third-order valence-electron chi connectivity index (χ3n) is 4.57. The number of amides is 1. The zero-order chi connectivity index (χ0) is 22.1. The molecule has 3 rings (SSSR count). The predicted octanol–water partition coefficient (Wildman–Crippen LogP) is 3.76. The number of carbonyl (C=O) groups excluding carboxylic acids is 1. The Morgan fingerprint density at radius 1 is 1.07 bits per heavy atom. The molecule has 0 unspecified atom stereocenters. The number of alkyl halides is 3. The van der Waals surface area contributed by atoms with Crippen molar-refractivity contribution < 1.29 is 31.1 Å². The molecule has 0 spiro atoms. The third kappa shape index (κ3) is 5.00. The molecule has 6 nitrogen and oxygen atoms in total. The number of hydrogen-bond acceptors (Lipinski definition) is 4. The summed E-state index contributed by atoms with van der Waals surface area (Å²) < 4.78 is 71.4. The van der Waals surface area contributed by atoms with Crippen LogP contribution in [0.1, 0.15) is 29.8 Å². The fraction of sp³-hybridized carbons (Fsp3) is 0.350. The molecule has 0 aromatic heterocycles. The summed E-state index contributed by atoms with van der Waals surface area (Å²) in [6, 6.07) is 9.62. The molecule has 1 aliphatic rings.